The van der Waals surface area contributed by atoms with E-state index < -0.39 is 5.97 Å². The minimum absolute atomic E-state index is 0.0528. The standard InChI is InChI=1S/C14H13NO4/c15-13-7-11(5-6-12(13)14(17)18)19-8-9-1-3-10(16)4-2-9/h1-7,16H,8,15H2,(H,17,18). The van der Waals surface area contributed by atoms with Crippen molar-refractivity contribution in [1.82, 2.24) is 0 Å². The predicted octanol–water partition coefficient (Wildman–Crippen LogP) is 2.25. The number of carboxylic acids is 1. The van der Waals surface area contributed by atoms with Gasteiger partial charge in [0.2, 0.25) is 0 Å². The van der Waals surface area contributed by atoms with Crippen LogP contribution in [0.2, 0.25) is 0 Å². The molecule has 0 atom stereocenters. The first kappa shape index (κ1) is 12.8. The van der Waals surface area contributed by atoms with Crippen LogP contribution in [-0.4, -0.2) is 16.2 Å². The van der Waals surface area contributed by atoms with Gasteiger partial charge in [0.25, 0.3) is 0 Å². The van der Waals surface area contributed by atoms with E-state index in [2.05, 4.69) is 0 Å². The largest absolute Gasteiger partial charge is 0.508 e. The smallest absolute Gasteiger partial charge is 0.337 e. The summed E-state index contributed by atoms with van der Waals surface area (Å²) in [4.78, 5) is 10.8. The first-order valence-electron chi connectivity index (χ1n) is 5.60. The molecule has 0 aromatic heterocycles. The van der Waals surface area contributed by atoms with E-state index in [-0.39, 0.29) is 17.0 Å². The van der Waals surface area contributed by atoms with Gasteiger partial charge in [-0.15, -0.1) is 0 Å². The van der Waals surface area contributed by atoms with Crippen molar-refractivity contribution in [2.75, 3.05) is 5.73 Å². The van der Waals surface area contributed by atoms with Crippen LogP contribution in [0.1, 0.15) is 15.9 Å². The number of anilines is 1. The van der Waals surface area contributed by atoms with E-state index in [1.54, 1.807) is 30.3 Å². The lowest BCUT2D eigenvalue weighted by molar-refractivity contribution is 0.0698. The van der Waals surface area contributed by atoms with E-state index in [1.165, 1.54) is 12.1 Å². The molecule has 0 saturated carbocycles. The van der Waals surface area contributed by atoms with Gasteiger partial charge in [0.05, 0.1) is 5.56 Å². The highest BCUT2D eigenvalue weighted by Crippen LogP contribution is 2.21. The molecule has 2 aromatic carbocycles. The first-order valence-corrected chi connectivity index (χ1v) is 5.60. The Labute approximate surface area is 109 Å². The van der Waals surface area contributed by atoms with E-state index in [9.17, 15) is 4.79 Å². The molecule has 2 aromatic rings. The van der Waals surface area contributed by atoms with Crippen molar-refractivity contribution < 1.29 is 19.7 Å². The van der Waals surface area contributed by atoms with Crippen LogP contribution in [0.5, 0.6) is 11.5 Å². The van der Waals surface area contributed by atoms with E-state index in [0.29, 0.717) is 12.4 Å². The third-order valence-corrected chi connectivity index (χ3v) is 2.60. The number of hydrogen-bond acceptors (Lipinski definition) is 4. The van der Waals surface area contributed by atoms with Crippen molar-refractivity contribution in [3.63, 3.8) is 0 Å². The molecule has 0 heterocycles. The van der Waals surface area contributed by atoms with Crippen LogP contribution in [0.25, 0.3) is 0 Å². The van der Waals surface area contributed by atoms with E-state index in [4.69, 9.17) is 20.7 Å². The number of rotatable bonds is 4. The molecule has 19 heavy (non-hydrogen) atoms. The molecule has 5 heteroatoms. The fourth-order valence-corrected chi connectivity index (χ4v) is 1.58. The summed E-state index contributed by atoms with van der Waals surface area (Å²) < 4.78 is 5.49. The monoisotopic (exact) mass is 259 g/mol. The average molecular weight is 259 g/mol. The average Bonchev–Trinajstić information content (AvgIpc) is 2.37. The zero-order valence-electron chi connectivity index (χ0n) is 10.0. The van der Waals surface area contributed by atoms with Gasteiger partial charge in [0.15, 0.2) is 0 Å². The predicted molar refractivity (Wildman–Crippen MR) is 70.3 cm³/mol. The molecular weight excluding hydrogens is 246 g/mol. The lowest BCUT2D eigenvalue weighted by atomic mass is 10.2. The number of aromatic hydroxyl groups is 1. The quantitative estimate of drug-likeness (QED) is 0.732. The van der Waals surface area contributed by atoms with Crippen LogP contribution in [0.4, 0.5) is 5.69 Å². The van der Waals surface area contributed by atoms with Crippen molar-refractivity contribution in [2.24, 2.45) is 0 Å². The van der Waals surface area contributed by atoms with Crippen molar-refractivity contribution in [3.8, 4) is 11.5 Å². The maximum Gasteiger partial charge on any atom is 0.337 e. The number of benzene rings is 2. The Morgan fingerprint density at radius 3 is 2.42 bits per heavy atom. The third-order valence-electron chi connectivity index (χ3n) is 2.60. The van der Waals surface area contributed by atoms with Crippen LogP contribution in [-0.2, 0) is 6.61 Å². The maximum atomic E-state index is 10.8. The molecule has 0 spiro atoms. The van der Waals surface area contributed by atoms with Crippen LogP contribution >= 0.6 is 0 Å². The topological polar surface area (TPSA) is 92.8 Å². The van der Waals surface area contributed by atoms with Gasteiger partial charge in [0.1, 0.15) is 18.1 Å². The Morgan fingerprint density at radius 2 is 1.84 bits per heavy atom. The minimum atomic E-state index is -1.07. The van der Waals surface area contributed by atoms with Gasteiger partial charge in [-0.25, -0.2) is 4.79 Å². The molecule has 0 aliphatic carbocycles. The molecule has 0 unspecified atom stereocenters. The number of nitrogens with two attached hydrogens (primary N) is 1. The second kappa shape index (κ2) is 5.30. The second-order valence-electron chi connectivity index (χ2n) is 4.01. The minimum Gasteiger partial charge on any atom is -0.508 e. The summed E-state index contributed by atoms with van der Waals surface area (Å²) in [6.07, 6.45) is 0. The van der Waals surface area contributed by atoms with E-state index in [0.717, 1.165) is 5.56 Å². The fourth-order valence-electron chi connectivity index (χ4n) is 1.58. The summed E-state index contributed by atoms with van der Waals surface area (Å²) in [5.74, 6) is -0.378. The van der Waals surface area contributed by atoms with Gasteiger partial charge in [-0.05, 0) is 29.8 Å². The van der Waals surface area contributed by atoms with Crippen LogP contribution in [0, 0.1) is 0 Å². The van der Waals surface area contributed by atoms with Gasteiger partial charge in [0, 0.05) is 11.8 Å². The number of carbonyl (C=O) groups is 1. The molecule has 0 saturated heterocycles. The van der Waals surface area contributed by atoms with Crippen LogP contribution in [0.15, 0.2) is 42.5 Å². The lowest BCUT2D eigenvalue weighted by Gasteiger charge is -2.08. The number of aromatic carboxylic acids is 1. The van der Waals surface area contributed by atoms with Crippen molar-refractivity contribution in [2.45, 2.75) is 6.61 Å². The number of phenolic OH excluding ortho intramolecular Hbond substituents is 1. The van der Waals surface area contributed by atoms with Crippen molar-refractivity contribution >= 4 is 11.7 Å². The first-order chi connectivity index (χ1) is 9.06. The molecule has 0 amide bonds. The highest BCUT2D eigenvalue weighted by molar-refractivity contribution is 5.93. The Morgan fingerprint density at radius 1 is 1.16 bits per heavy atom. The maximum absolute atomic E-state index is 10.8. The molecule has 4 N–H and O–H groups in total. The SMILES string of the molecule is Nc1cc(OCc2ccc(O)cc2)ccc1C(=O)O. The Balaban J connectivity index is 2.06. The summed E-state index contributed by atoms with van der Waals surface area (Å²) in [5.41, 5.74) is 6.72. The molecule has 0 radical (unpaired) electrons. The second-order valence-corrected chi connectivity index (χ2v) is 4.01. The summed E-state index contributed by atoms with van der Waals surface area (Å²) in [5, 5.41) is 18.0. The van der Waals surface area contributed by atoms with Crippen molar-refractivity contribution in [1.29, 1.82) is 0 Å². The Hall–Kier alpha value is -2.69. The number of ether oxygens (including phenoxy) is 1. The van der Waals surface area contributed by atoms with Gasteiger partial charge < -0.3 is 20.7 Å². The molecule has 0 fully saturated rings. The summed E-state index contributed by atoms with van der Waals surface area (Å²) in [7, 11) is 0. The molecule has 0 aliphatic rings. The summed E-state index contributed by atoms with van der Waals surface area (Å²) >= 11 is 0. The number of hydrogen-bond donors (Lipinski definition) is 3. The highest BCUT2D eigenvalue weighted by atomic mass is 16.5. The fraction of sp³-hybridized carbons (Fsp3) is 0.0714. The van der Waals surface area contributed by atoms with Gasteiger partial charge in [-0.1, -0.05) is 12.1 Å². The lowest BCUT2D eigenvalue weighted by Crippen LogP contribution is -2.03. The highest BCUT2D eigenvalue weighted by Gasteiger charge is 2.08. The molecule has 0 aliphatic heterocycles. The van der Waals surface area contributed by atoms with Gasteiger partial charge in [-0.3, -0.25) is 0 Å². The summed E-state index contributed by atoms with van der Waals surface area (Å²) in [6.45, 7) is 0.312. The third kappa shape index (κ3) is 3.16. The molecule has 0 bridgehead atoms. The van der Waals surface area contributed by atoms with Gasteiger partial charge >= 0.3 is 5.97 Å². The van der Waals surface area contributed by atoms with E-state index in [1.807, 2.05) is 0 Å². The zero-order chi connectivity index (χ0) is 13.8. The van der Waals surface area contributed by atoms with Crippen LogP contribution in [0.3, 0.4) is 0 Å². The normalized spacial score (nSPS) is 10.1. The molecular formula is C14H13NO4. The van der Waals surface area contributed by atoms with E-state index >= 15 is 0 Å². The van der Waals surface area contributed by atoms with Gasteiger partial charge in [-0.2, -0.15) is 0 Å². The van der Waals surface area contributed by atoms with Crippen molar-refractivity contribution in [3.05, 3.63) is 53.6 Å². The number of nitrogen functional groups attached to an aromatic ring is 1. The Kier molecular flexibility index (Phi) is 3.56. The zero-order valence-corrected chi connectivity index (χ0v) is 10.0. The number of phenols is 1. The summed E-state index contributed by atoms with van der Waals surface area (Å²) in [6, 6.07) is 11.1. The molecule has 5 nitrogen and oxygen atoms in total. The Bertz CT molecular complexity index is 593. The molecule has 98 valence electrons. The molecule has 2 rings (SSSR count). The van der Waals surface area contributed by atoms with Crippen LogP contribution < -0.4 is 10.5 Å². The number of carboxylic acid groups (broad SMARTS) is 1.